The molecule has 1 saturated heterocycles. The normalized spacial score (nSPS) is 17.0. The Morgan fingerprint density at radius 3 is 2.37 bits per heavy atom. The molecule has 0 saturated carbocycles. The molecule has 110 valence electrons. The molecule has 2 N–H and O–H groups in total. The number of hydrogen-bond acceptors (Lipinski definition) is 4. The molecular formula is C13H25N3O3. The van der Waals surface area contributed by atoms with E-state index in [9.17, 15) is 9.59 Å². The second-order valence-electron chi connectivity index (χ2n) is 5.78. The van der Waals surface area contributed by atoms with Crippen LogP contribution in [0.4, 0.5) is 0 Å². The fraction of sp³-hybridized carbons (Fsp3) is 0.846. The van der Waals surface area contributed by atoms with Gasteiger partial charge in [-0.3, -0.25) is 14.5 Å². The number of nitrogens with zero attached hydrogens (tertiary/aromatic N) is 1. The minimum absolute atomic E-state index is 0.111. The Labute approximate surface area is 114 Å². The van der Waals surface area contributed by atoms with Crippen molar-refractivity contribution in [3.8, 4) is 0 Å². The van der Waals surface area contributed by atoms with E-state index >= 15 is 0 Å². The third-order valence-electron chi connectivity index (χ3n) is 2.69. The molecular weight excluding hydrogens is 246 g/mol. The van der Waals surface area contributed by atoms with Crippen molar-refractivity contribution in [1.82, 2.24) is 15.5 Å². The third kappa shape index (κ3) is 7.79. The largest absolute Gasteiger partial charge is 0.379 e. The zero-order valence-corrected chi connectivity index (χ0v) is 12.1. The first-order valence-electron chi connectivity index (χ1n) is 6.74. The number of hydrogen-bond donors (Lipinski definition) is 2. The molecule has 1 fully saturated rings. The zero-order valence-electron chi connectivity index (χ0n) is 12.1. The van der Waals surface area contributed by atoms with Crippen molar-refractivity contribution < 1.29 is 14.3 Å². The van der Waals surface area contributed by atoms with Gasteiger partial charge in [0.15, 0.2) is 0 Å². The first kappa shape index (κ1) is 15.9. The summed E-state index contributed by atoms with van der Waals surface area (Å²) in [5, 5.41) is 5.53. The van der Waals surface area contributed by atoms with Crippen molar-refractivity contribution in [2.24, 2.45) is 0 Å². The summed E-state index contributed by atoms with van der Waals surface area (Å²) >= 11 is 0. The fourth-order valence-electron chi connectivity index (χ4n) is 1.85. The third-order valence-corrected chi connectivity index (χ3v) is 2.69. The lowest BCUT2D eigenvalue weighted by Gasteiger charge is -2.26. The predicted octanol–water partition coefficient (Wildman–Crippen LogP) is -0.260. The number of carbonyl (C=O) groups is 2. The standard InChI is InChI=1S/C13H25N3O3/c1-13(2,3)15-12(18)10-11(17)14-4-5-16-6-8-19-9-7-16/h4-10H2,1-3H3,(H,14,17)(H,15,18). The molecule has 0 spiro atoms. The van der Waals surface area contributed by atoms with Crippen LogP contribution < -0.4 is 10.6 Å². The molecule has 0 aliphatic carbocycles. The Bertz CT molecular complexity index is 307. The minimum atomic E-state index is -0.300. The molecule has 19 heavy (non-hydrogen) atoms. The van der Waals surface area contributed by atoms with E-state index in [0.29, 0.717) is 6.54 Å². The second kappa shape index (κ2) is 7.45. The summed E-state index contributed by atoms with van der Waals surface area (Å²) in [6.07, 6.45) is -0.111. The Hall–Kier alpha value is -1.14. The van der Waals surface area contributed by atoms with E-state index in [0.717, 1.165) is 32.8 Å². The van der Waals surface area contributed by atoms with Gasteiger partial charge in [-0.05, 0) is 20.8 Å². The van der Waals surface area contributed by atoms with Crippen molar-refractivity contribution in [2.45, 2.75) is 32.7 Å². The number of nitrogens with one attached hydrogen (secondary N) is 2. The van der Waals surface area contributed by atoms with Crippen molar-refractivity contribution in [2.75, 3.05) is 39.4 Å². The summed E-state index contributed by atoms with van der Waals surface area (Å²) in [5.41, 5.74) is -0.300. The van der Waals surface area contributed by atoms with Crippen LogP contribution in [0.2, 0.25) is 0 Å². The molecule has 1 aliphatic rings. The highest BCUT2D eigenvalue weighted by Gasteiger charge is 2.16. The fourth-order valence-corrected chi connectivity index (χ4v) is 1.85. The molecule has 0 bridgehead atoms. The van der Waals surface area contributed by atoms with Gasteiger partial charge >= 0.3 is 0 Å². The van der Waals surface area contributed by atoms with E-state index in [4.69, 9.17) is 4.74 Å². The molecule has 2 amide bonds. The van der Waals surface area contributed by atoms with Gasteiger partial charge in [-0.25, -0.2) is 0 Å². The van der Waals surface area contributed by atoms with Crippen LogP contribution in [0, 0.1) is 0 Å². The van der Waals surface area contributed by atoms with Gasteiger partial charge < -0.3 is 15.4 Å². The molecule has 0 aromatic rings. The quantitative estimate of drug-likeness (QED) is 0.676. The molecule has 0 aromatic carbocycles. The van der Waals surface area contributed by atoms with Gasteiger partial charge in [-0.15, -0.1) is 0 Å². The van der Waals surface area contributed by atoms with Crippen LogP contribution in [0.3, 0.4) is 0 Å². The van der Waals surface area contributed by atoms with Crippen LogP contribution in [-0.4, -0.2) is 61.6 Å². The molecule has 6 nitrogen and oxygen atoms in total. The van der Waals surface area contributed by atoms with Crippen molar-refractivity contribution in [1.29, 1.82) is 0 Å². The Kier molecular flexibility index (Phi) is 6.24. The van der Waals surface area contributed by atoms with Crippen LogP contribution in [-0.2, 0) is 14.3 Å². The van der Waals surface area contributed by atoms with Gasteiger partial charge in [0.2, 0.25) is 11.8 Å². The molecule has 6 heteroatoms. The Morgan fingerprint density at radius 1 is 1.16 bits per heavy atom. The average molecular weight is 271 g/mol. The van der Waals surface area contributed by atoms with Crippen LogP contribution >= 0.6 is 0 Å². The summed E-state index contributed by atoms with van der Waals surface area (Å²) in [5.74, 6) is -0.466. The maximum Gasteiger partial charge on any atom is 0.229 e. The monoisotopic (exact) mass is 271 g/mol. The lowest BCUT2D eigenvalue weighted by atomic mass is 10.1. The lowest BCUT2D eigenvalue weighted by Crippen LogP contribution is -2.44. The molecule has 1 aliphatic heterocycles. The summed E-state index contributed by atoms with van der Waals surface area (Å²) in [7, 11) is 0. The van der Waals surface area contributed by atoms with Gasteiger partial charge in [0.25, 0.3) is 0 Å². The molecule has 0 atom stereocenters. The van der Waals surface area contributed by atoms with E-state index in [-0.39, 0.29) is 23.8 Å². The lowest BCUT2D eigenvalue weighted by molar-refractivity contribution is -0.130. The van der Waals surface area contributed by atoms with Crippen LogP contribution in [0.25, 0.3) is 0 Å². The number of rotatable bonds is 5. The van der Waals surface area contributed by atoms with Crippen molar-refractivity contribution in [3.63, 3.8) is 0 Å². The number of morpholine rings is 1. The first-order valence-corrected chi connectivity index (χ1v) is 6.74. The number of ether oxygens (including phenoxy) is 1. The van der Waals surface area contributed by atoms with Crippen LogP contribution in [0.1, 0.15) is 27.2 Å². The molecule has 0 aromatic heterocycles. The SMILES string of the molecule is CC(C)(C)NC(=O)CC(=O)NCCN1CCOCC1. The molecule has 1 rings (SSSR count). The summed E-state index contributed by atoms with van der Waals surface area (Å²) in [4.78, 5) is 25.3. The molecule has 0 radical (unpaired) electrons. The van der Waals surface area contributed by atoms with Gasteiger partial charge in [0.1, 0.15) is 6.42 Å². The van der Waals surface area contributed by atoms with Gasteiger partial charge in [-0.2, -0.15) is 0 Å². The van der Waals surface area contributed by atoms with Crippen LogP contribution in [0.15, 0.2) is 0 Å². The smallest absolute Gasteiger partial charge is 0.229 e. The molecule has 0 unspecified atom stereocenters. The topological polar surface area (TPSA) is 70.7 Å². The highest BCUT2D eigenvalue weighted by Crippen LogP contribution is 1.99. The predicted molar refractivity (Wildman–Crippen MR) is 72.8 cm³/mol. The van der Waals surface area contributed by atoms with E-state index < -0.39 is 0 Å². The van der Waals surface area contributed by atoms with E-state index in [1.54, 1.807) is 0 Å². The Morgan fingerprint density at radius 2 is 1.79 bits per heavy atom. The highest BCUT2D eigenvalue weighted by molar-refractivity contribution is 5.97. The second-order valence-corrected chi connectivity index (χ2v) is 5.78. The van der Waals surface area contributed by atoms with Crippen molar-refractivity contribution >= 4 is 11.8 Å². The van der Waals surface area contributed by atoms with Crippen molar-refractivity contribution in [3.05, 3.63) is 0 Å². The van der Waals surface area contributed by atoms with E-state index in [2.05, 4.69) is 15.5 Å². The minimum Gasteiger partial charge on any atom is -0.379 e. The summed E-state index contributed by atoms with van der Waals surface area (Å²) < 4.78 is 5.24. The maximum absolute atomic E-state index is 11.6. The van der Waals surface area contributed by atoms with Gasteiger partial charge in [-0.1, -0.05) is 0 Å². The van der Waals surface area contributed by atoms with Gasteiger partial charge in [0.05, 0.1) is 13.2 Å². The number of amides is 2. The molecule has 1 heterocycles. The summed E-state index contributed by atoms with van der Waals surface area (Å²) in [6, 6.07) is 0. The van der Waals surface area contributed by atoms with E-state index in [1.807, 2.05) is 20.8 Å². The zero-order chi connectivity index (χ0) is 14.3. The van der Waals surface area contributed by atoms with Gasteiger partial charge in [0, 0.05) is 31.7 Å². The first-order chi connectivity index (χ1) is 8.87. The Balaban J connectivity index is 2.12. The van der Waals surface area contributed by atoms with Crippen LogP contribution in [0.5, 0.6) is 0 Å². The van der Waals surface area contributed by atoms with E-state index in [1.165, 1.54) is 0 Å². The highest BCUT2D eigenvalue weighted by atomic mass is 16.5. The maximum atomic E-state index is 11.6. The average Bonchev–Trinajstić information content (AvgIpc) is 2.27. The number of carbonyl (C=O) groups excluding carboxylic acids is 2. The summed E-state index contributed by atoms with van der Waals surface area (Å²) in [6.45, 7) is 10.4.